The fraction of sp³-hybridized carbons (Fsp3) is 1.00. The van der Waals surface area contributed by atoms with Crippen molar-refractivity contribution in [1.82, 2.24) is 4.90 Å². The summed E-state index contributed by atoms with van der Waals surface area (Å²) in [5.41, 5.74) is 5.87. The molecule has 0 aromatic rings. The Hall–Kier alpha value is -0.120. The molecule has 106 valence electrons. The summed E-state index contributed by atoms with van der Waals surface area (Å²) >= 11 is 0. The second-order valence-electron chi connectivity index (χ2n) is 6.71. The summed E-state index contributed by atoms with van der Waals surface area (Å²) in [6, 6.07) is 0.399. The minimum absolute atomic E-state index is 0.399. The maximum absolute atomic E-state index is 10.1. The lowest BCUT2D eigenvalue weighted by molar-refractivity contribution is 0.0439. The van der Waals surface area contributed by atoms with Crippen molar-refractivity contribution < 1.29 is 5.11 Å². The van der Waals surface area contributed by atoms with E-state index in [-0.39, 0.29) is 0 Å². The molecule has 3 heteroatoms. The van der Waals surface area contributed by atoms with Gasteiger partial charge in [0.15, 0.2) is 0 Å². The molecule has 0 aromatic carbocycles. The molecule has 0 radical (unpaired) electrons. The van der Waals surface area contributed by atoms with E-state index in [1.807, 2.05) is 6.92 Å². The number of hydrogen-bond donors (Lipinski definition) is 2. The van der Waals surface area contributed by atoms with Crippen LogP contribution in [0.25, 0.3) is 0 Å². The topological polar surface area (TPSA) is 49.5 Å². The first kappa shape index (κ1) is 14.3. The first-order valence-corrected chi connectivity index (χ1v) is 7.77. The first-order chi connectivity index (χ1) is 8.57. The molecule has 1 heterocycles. The van der Waals surface area contributed by atoms with Gasteiger partial charge in [0.05, 0.1) is 5.60 Å². The Morgan fingerprint density at radius 2 is 1.89 bits per heavy atom. The minimum Gasteiger partial charge on any atom is -0.390 e. The molecule has 1 aliphatic carbocycles. The molecule has 1 aliphatic heterocycles. The number of likely N-dealkylation sites (tertiary alicyclic amines) is 1. The van der Waals surface area contributed by atoms with Gasteiger partial charge in [0, 0.05) is 19.1 Å². The largest absolute Gasteiger partial charge is 0.390 e. The van der Waals surface area contributed by atoms with Crippen molar-refractivity contribution >= 4 is 0 Å². The average Bonchev–Trinajstić information content (AvgIpc) is 2.60. The molecule has 1 saturated heterocycles. The highest BCUT2D eigenvalue weighted by atomic mass is 16.3. The van der Waals surface area contributed by atoms with E-state index in [0.29, 0.717) is 12.0 Å². The molecule has 2 aliphatic rings. The first-order valence-electron chi connectivity index (χ1n) is 7.77. The molecule has 3 atom stereocenters. The van der Waals surface area contributed by atoms with E-state index in [4.69, 9.17) is 5.73 Å². The summed E-state index contributed by atoms with van der Waals surface area (Å²) in [4.78, 5) is 2.54. The van der Waals surface area contributed by atoms with Crippen LogP contribution in [0, 0.1) is 5.92 Å². The average molecular weight is 254 g/mol. The highest BCUT2D eigenvalue weighted by molar-refractivity contribution is 4.83. The second-order valence-corrected chi connectivity index (χ2v) is 6.71. The molecule has 3 unspecified atom stereocenters. The summed E-state index contributed by atoms with van der Waals surface area (Å²) in [6.45, 7) is 5.31. The molecule has 0 aromatic heterocycles. The van der Waals surface area contributed by atoms with Crippen LogP contribution in [-0.2, 0) is 0 Å². The lowest BCUT2D eigenvalue weighted by Gasteiger charge is -2.29. The Kier molecular flexibility index (Phi) is 5.05. The van der Waals surface area contributed by atoms with E-state index in [1.54, 1.807) is 0 Å². The van der Waals surface area contributed by atoms with Gasteiger partial charge in [-0.1, -0.05) is 19.3 Å². The summed E-state index contributed by atoms with van der Waals surface area (Å²) in [7, 11) is 0. The maximum Gasteiger partial charge on any atom is 0.0632 e. The van der Waals surface area contributed by atoms with Crippen LogP contribution < -0.4 is 5.73 Å². The van der Waals surface area contributed by atoms with Crippen LogP contribution in [0.5, 0.6) is 0 Å². The molecule has 0 bridgehead atoms. The number of hydrogen-bond acceptors (Lipinski definition) is 3. The van der Waals surface area contributed by atoms with Crippen LogP contribution in [-0.4, -0.2) is 41.3 Å². The Bertz CT molecular complexity index is 255. The Balaban J connectivity index is 1.84. The molecule has 18 heavy (non-hydrogen) atoms. The van der Waals surface area contributed by atoms with E-state index >= 15 is 0 Å². The molecule has 2 fully saturated rings. The minimum atomic E-state index is -0.444. The molecular weight excluding hydrogens is 224 g/mol. The second kappa shape index (κ2) is 6.36. The molecule has 0 spiro atoms. The van der Waals surface area contributed by atoms with Crippen molar-refractivity contribution in [2.45, 2.75) is 69.9 Å². The molecule has 0 amide bonds. The zero-order valence-corrected chi connectivity index (χ0v) is 11.9. The van der Waals surface area contributed by atoms with E-state index in [9.17, 15) is 5.11 Å². The Morgan fingerprint density at radius 3 is 2.72 bits per heavy atom. The summed E-state index contributed by atoms with van der Waals surface area (Å²) in [5, 5.41) is 10.1. The smallest absolute Gasteiger partial charge is 0.0632 e. The van der Waals surface area contributed by atoms with Crippen LogP contribution in [0.3, 0.4) is 0 Å². The van der Waals surface area contributed by atoms with Crippen molar-refractivity contribution in [2.24, 2.45) is 11.7 Å². The Morgan fingerprint density at radius 1 is 1.11 bits per heavy atom. The van der Waals surface area contributed by atoms with Crippen molar-refractivity contribution in [3.8, 4) is 0 Å². The van der Waals surface area contributed by atoms with Crippen LogP contribution in [0.1, 0.15) is 58.3 Å². The molecule has 3 nitrogen and oxygen atoms in total. The van der Waals surface area contributed by atoms with Gasteiger partial charge in [-0.05, 0) is 51.5 Å². The molecular formula is C15H30N2O. The van der Waals surface area contributed by atoms with Crippen LogP contribution in [0.2, 0.25) is 0 Å². The van der Waals surface area contributed by atoms with Crippen molar-refractivity contribution in [3.05, 3.63) is 0 Å². The van der Waals surface area contributed by atoms with Crippen LogP contribution >= 0.6 is 0 Å². The summed E-state index contributed by atoms with van der Waals surface area (Å²) in [6.07, 6.45) is 9.50. The molecule has 2 rings (SSSR count). The molecule has 1 saturated carbocycles. The zero-order chi connectivity index (χ0) is 13.0. The Labute approximate surface area is 112 Å². The van der Waals surface area contributed by atoms with Crippen LogP contribution in [0.4, 0.5) is 0 Å². The lowest BCUT2D eigenvalue weighted by atomic mass is 9.94. The predicted octanol–water partition coefficient (Wildman–Crippen LogP) is 2.13. The summed E-state index contributed by atoms with van der Waals surface area (Å²) in [5.74, 6) is 0.676. The van der Waals surface area contributed by atoms with E-state index in [0.717, 1.165) is 38.9 Å². The normalized spacial score (nSPS) is 40.2. The third-order valence-corrected chi connectivity index (χ3v) is 4.87. The number of rotatable bonds is 2. The fourth-order valence-electron chi connectivity index (χ4n) is 3.47. The van der Waals surface area contributed by atoms with Gasteiger partial charge in [-0.15, -0.1) is 0 Å². The number of aliphatic hydroxyl groups is 1. The van der Waals surface area contributed by atoms with Gasteiger partial charge in [0.2, 0.25) is 0 Å². The molecule has 3 N–H and O–H groups in total. The van der Waals surface area contributed by atoms with Gasteiger partial charge in [-0.25, -0.2) is 0 Å². The van der Waals surface area contributed by atoms with Crippen molar-refractivity contribution in [2.75, 3.05) is 19.6 Å². The zero-order valence-electron chi connectivity index (χ0n) is 11.9. The van der Waals surface area contributed by atoms with Gasteiger partial charge in [0.25, 0.3) is 0 Å². The predicted molar refractivity (Wildman–Crippen MR) is 75.5 cm³/mol. The van der Waals surface area contributed by atoms with Gasteiger partial charge in [0.1, 0.15) is 0 Å². The number of nitrogens with zero attached hydrogens (tertiary/aromatic N) is 1. The van der Waals surface area contributed by atoms with Crippen molar-refractivity contribution in [1.29, 1.82) is 0 Å². The third kappa shape index (κ3) is 4.22. The van der Waals surface area contributed by atoms with Crippen LogP contribution in [0.15, 0.2) is 0 Å². The van der Waals surface area contributed by atoms with Gasteiger partial charge >= 0.3 is 0 Å². The summed E-state index contributed by atoms with van der Waals surface area (Å²) < 4.78 is 0. The lowest BCUT2D eigenvalue weighted by Crippen LogP contribution is -2.39. The van der Waals surface area contributed by atoms with E-state index in [2.05, 4.69) is 4.90 Å². The van der Waals surface area contributed by atoms with Crippen molar-refractivity contribution in [3.63, 3.8) is 0 Å². The third-order valence-electron chi connectivity index (χ3n) is 4.87. The maximum atomic E-state index is 10.1. The number of nitrogens with two attached hydrogens (primary N) is 1. The van der Waals surface area contributed by atoms with E-state index in [1.165, 1.54) is 32.1 Å². The fourth-order valence-corrected chi connectivity index (χ4v) is 3.47. The monoisotopic (exact) mass is 254 g/mol. The van der Waals surface area contributed by atoms with Gasteiger partial charge < -0.3 is 15.7 Å². The van der Waals surface area contributed by atoms with E-state index < -0.39 is 5.60 Å². The van der Waals surface area contributed by atoms with Gasteiger partial charge in [-0.3, -0.25) is 0 Å². The SMILES string of the molecule is CC1(O)CCCN(CC2CCCCCC2N)CC1. The quantitative estimate of drug-likeness (QED) is 0.742. The highest BCUT2D eigenvalue weighted by Crippen LogP contribution is 2.26. The van der Waals surface area contributed by atoms with Gasteiger partial charge in [-0.2, -0.15) is 0 Å². The highest BCUT2D eigenvalue weighted by Gasteiger charge is 2.28. The standard InChI is InChI=1S/C15H30N2O/c1-15(18)8-5-10-17(11-9-15)12-13-6-3-2-4-7-14(13)16/h13-14,18H,2-12,16H2,1H3.